The standard InChI is InChI=1S/C13H25N3O2/c1-5-8-14-11(13(17-3)18-4)6-7-12-15-9-10-16(12)2/h9-11,13-14H,5-8H2,1-4H3. The van der Waals surface area contributed by atoms with Crippen LogP contribution in [0.2, 0.25) is 0 Å². The van der Waals surface area contributed by atoms with Crippen LogP contribution in [0.3, 0.4) is 0 Å². The molecule has 5 heteroatoms. The molecule has 0 aliphatic heterocycles. The summed E-state index contributed by atoms with van der Waals surface area (Å²) >= 11 is 0. The van der Waals surface area contributed by atoms with E-state index in [-0.39, 0.29) is 12.3 Å². The van der Waals surface area contributed by atoms with Crippen LogP contribution in [0.25, 0.3) is 0 Å². The van der Waals surface area contributed by atoms with Crippen LogP contribution in [-0.4, -0.2) is 42.6 Å². The second kappa shape index (κ2) is 8.24. The molecule has 1 rings (SSSR count). The highest BCUT2D eigenvalue weighted by Gasteiger charge is 2.20. The Morgan fingerprint density at radius 1 is 1.39 bits per heavy atom. The molecule has 5 nitrogen and oxygen atoms in total. The summed E-state index contributed by atoms with van der Waals surface area (Å²) in [6.45, 7) is 3.12. The van der Waals surface area contributed by atoms with Crippen molar-refractivity contribution in [2.24, 2.45) is 7.05 Å². The smallest absolute Gasteiger partial charge is 0.171 e. The van der Waals surface area contributed by atoms with Crippen molar-refractivity contribution in [3.05, 3.63) is 18.2 Å². The number of hydrogen-bond donors (Lipinski definition) is 1. The second-order valence-electron chi connectivity index (χ2n) is 4.39. The Morgan fingerprint density at radius 2 is 2.11 bits per heavy atom. The predicted molar refractivity (Wildman–Crippen MR) is 71.4 cm³/mol. The van der Waals surface area contributed by atoms with Crippen LogP contribution in [0.5, 0.6) is 0 Å². The van der Waals surface area contributed by atoms with E-state index in [1.54, 1.807) is 14.2 Å². The Labute approximate surface area is 109 Å². The first-order valence-electron chi connectivity index (χ1n) is 6.48. The third kappa shape index (κ3) is 4.40. The molecule has 0 aromatic carbocycles. The summed E-state index contributed by atoms with van der Waals surface area (Å²) in [7, 11) is 5.37. The summed E-state index contributed by atoms with van der Waals surface area (Å²) in [5, 5.41) is 3.47. The van der Waals surface area contributed by atoms with E-state index in [0.29, 0.717) is 0 Å². The van der Waals surface area contributed by atoms with Gasteiger partial charge in [-0.05, 0) is 19.4 Å². The van der Waals surface area contributed by atoms with Gasteiger partial charge in [0.05, 0.1) is 6.04 Å². The van der Waals surface area contributed by atoms with Crippen molar-refractivity contribution in [2.45, 2.75) is 38.5 Å². The van der Waals surface area contributed by atoms with Crippen molar-refractivity contribution in [3.8, 4) is 0 Å². The number of ether oxygens (including phenoxy) is 2. The van der Waals surface area contributed by atoms with Crippen molar-refractivity contribution < 1.29 is 9.47 Å². The second-order valence-corrected chi connectivity index (χ2v) is 4.39. The molecule has 104 valence electrons. The summed E-state index contributed by atoms with van der Waals surface area (Å²) in [6.07, 6.45) is 6.53. The van der Waals surface area contributed by atoms with Crippen LogP contribution in [0.15, 0.2) is 12.4 Å². The highest BCUT2D eigenvalue weighted by atomic mass is 16.7. The minimum atomic E-state index is -0.211. The van der Waals surface area contributed by atoms with Crippen LogP contribution < -0.4 is 5.32 Å². The lowest BCUT2D eigenvalue weighted by Gasteiger charge is -2.25. The lowest BCUT2D eigenvalue weighted by molar-refractivity contribution is -0.124. The molecule has 0 amide bonds. The predicted octanol–water partition coefficient (Wildman–Crippen LogP) is 1.34. The lowest BCUT2D eigenvalue weighted by Crippen LogP contribution is -2.42. The lowest BCUT2D eigenvalue weighted by atomic mass is 10.1. The van der Waals surface area contributed by atoms with Crippen LogP contribution in [0, 0.1) is 0 Å². The maximum absolute atomic E-state index is 5.35. The zero-order valence-electron chi connectivity index (χ0n) is 11.8. The van der Waals surface area contributed by atoms with E-state index in [1.165, 1.54) is 0 Å². The van der Waals surface area contributed by atoms with Crippen LogP contribution in [0.4, 0.5) is 0 Å². The minimum Gasteiger partial charge on any atom is -0.354 e. The van der Waals surface area contributed by atoms with E-state index in [0.717, 1.165) is 31.6 Å². The van der Waals surface area contributed by atoms with Crippen molar-refractivity contribution in [1.29, 1.82) is 0 Å². The molecular formula is C13H25N3O2. The molecular weight excluding hydrogens is 230 g/mol. The van der Waals surface area contributed by atoms with Gasteiger partial charge in [-0.15, -0.1) is 0 Å². The highest BCUT2D eigenvalue weighted by molar-refractivity contribution is 4.92. The minimum absolute atomic E-state index is 0.191. The van der Waals surface area contributed by atoms with Crippen molar-refractivity contribution in [2.75, 3.05) is 20.8 Å². The number of rotatable bonds is 9. The Balaban J connectivity index is 2.52. The molecule has 1 atom stereocenters. The first-order valence-corrected chi connectivity index (χ1v) is 6.48. The summed E-state index contributed by atoms with van der Waals surface area (Å²) in [5.74, 6) is 1.09. The molecule has 1 heterocycles. The van der Waals surface area contributed by atoms with Crippen molar-refractivity contribution in [3.63, 3.8) is 0 Å². The van der Waals surface area contributed by atoms with Gasteiger partial charge in [0.2, 0.25) is 0 Å². The molecule has 1 aromatic rings. The molecule has 0 radical (unpaired) electrons. The third-order valence-corrected chi connectivity index (χ3v) is 3.05. The monoisotopic (exact) mass is 255 g/mol. The average molecular weight is 255 g/mol. The fourth-order valence-corrected chi connectivity index (χ4v) is 2.01. The van der Waals surface area contributed by atoms with Gasteiger partial charge >= 0.3 is 0 Å². The number of aryl methyl sites for hydroxylation is 2. The molecule has 0 fully saturated rings. The van der Waals surface area contributed by atoms with Gasteiger partial charge in [-0.2, -0.15) is 0 Å². The largest absolute Gasteiger partial charge is 0.354 e. The molecule has 0 bridgehead atoms. The van der Waals surface area contributed by atoms with Crippen LogP contribution >= 0.6 is 0 Å². The van der Waals surface area contributed by atoms with Gasteiger partial charge in [0.15, 0.2) is 6.29 Å². The number of hydrogen-bond acceptors (Lipinski definition) is 4. The van der Waals surface area contributed by atoms with E-state index in [9.17, 15) is 0 Å². The molecule has 0 saturated heterocycles. The number of nitrogens with zero attached hydrogens (tertiary/aromatic N) is 2. The van der Waals surface area contributed by atoms with E-state index in [4.69, 9.17) is 9.47 Å². The van der Waals surface area contributed by atoms with Gasteiger partial charge in [-0.25, -0.2) is 4.98 Å². The Bertz CT molecular complexity index is 324. The number of methoxy groups -OCH3 is 2. The number of aromatic nitrogens is 2. The maximum Gasteiger partial charge on any atom is 0.171 e. The molecule has 0 saturated carbocycles. The van der Waals surface area contributed by atoms with Gasteiger partial charge in [-0.1, -0.05) is 6.92 Å². The Kier molecular flexibility index (Phi) is 6.93. The van der Waals surface area contributed by atoms with E-state index >= 15 is 0 Å². The van der Waals surface area contributed by atoms with Gasteiger partial charge in [-0.3, -0.25) is 0 Å². The Hall–Kier alpha value is -0.910. The van der Waals surface area contributed by atoms with E-state index in [1.807, 2.05) is 24.0 Å². The normalized spacial score (nSPS) is 13.2. The van der Waals surface area contributed by atoms with E-state index < -0.39 is 0 Å². The molecule has 1 N–H and O–H groups in total. The third-order valence-electron chi connectivity index (χ3n) is 3.05. The van der Waals surface area contributed by atoms with Gasteiger partial charge in [0.25, 0.3) is 0 Å². The number of nitrogens with one attached hydrogen (secondary N) is 1. The van der Waals surface area contributed by atoms with Crippen molar-refractivity contribution in [1.82, 2.24) is 14.9 Å². The summed E-state index contributed by atoms with van der Waals surface area (Å²) in [4.78, 5) is 4.33. The highest BCUT2D eigenvalue weighted by Crippen LogP contribution is 2.09. The molecule has 0 aliphatic carbocycles. The average Bonchev–Trinajstić information content (AvgIpc) is 2.79. The SMILES string of the molecule is CCCNC(CCc1nccn1C)C(OC)OC. The van der Waals surface area contributed by atoms with Gasteiger partial charge in [0.1, 0.15) is 5.82 Å². The first-order chi connectivity index (χ1) is 8.72. The van der Waals surface area contributed by atoms with Gasteiger partial charge < -0.3 is 19.4 Å². The summed E-state index contributed by atoms with van der Waals surface area (Å²) in [6, 6.07) is 0.191. The Morgan fingerprint density at radius 3 is 2.61 bits per heavy atom. The molecule has 0 aliphatic rings. The quantitative estimate of drug-likeness (QED) is 0.677. The fourth-order valence-electron chi connectivity index (χ4n) is 2.01. The number of imidazole rings is 1. The molecule has 1 unspecified atom stereocenters. The molecule has 1 aromatic heterocycles. The molecule has 0 spiro atoms. The zero-order chi connectivity index (χ0) is 13.4. The maximum atomic E-state index is 5.35. The summed E-state index contributed by atoms with van der Waals surface area (Å²) in [5.41, 5.74) is 0. The molecule has 18 heavy (non-hydrogen) atoms. The van der Waals surface area contributed by atoms with Crippen LogP contribution in [0.1, 0.15) is 25.6 Å². The van der Waals surface area contributed by atoms with Gasteiger partial charge in [0, 0.05) is 40.1 Å². The first kappa shape index (κ1) is 15.1. The topological polar surface area (TPSA) is 48.3 Å². The zero-order valence-corrected chi connectivity index (χ0v) is 11.8. The van der Waals surface area contributed by atoms with Crippen LogP contribution in [-0.2, 0) is 22.9 Å². The van der Waals surface area contributed by atoms with E-state index in [2.05, 4.69) is 17.2 Å². The summed E-state index contributed by atoms with van der Waals surface area (Å²) < 4.78 is 12.7. The fraction of sp³-hybridized carbons (Fsp3) is 0.769. The van der Waals surface area contributed by atoms with Crippen molar-refractivity contribution >= 4 is 0 Å².